The van der Waals surface area contributed by atoms with Gasteiger partial charge in [-0.15, -0.1) is 0 Å². The first kappa shape index (κ1) is 13.8. The molecule has 1 rings (SSSR count). The van der Waals surface area contributed by atoms with Gasteiger partial charge in [0.05, 0.1) is 24.7 Å². The highest BCUT2D eigenvalue weighted by atomic mass is 16.9. The van der Waals surface area contributed by atoms with Gasteiger partial charge in [0.1, 0.15) is 0 Å². The number of nitrogens with zero attached hydrogens (tertiary/aromatic N) is 2. The molecule has 0 aliphatic heterocycles. The second-order valence-corrected chi connectivity index (χ2v) is 3.11. The van der Waals surface area contributed by atoms with Crippen molar-refractivity contribution in [3.05, 3.63) is 46.0 Å². The van der Waals surface area contributed by atoms with E-state index >= 15 is 0 Å². The van der Waals surface area contributed by atoms with Crippen molar-refractivity contribution in [2.45, 2.75) is 0 Å². The number of hydrogen-bond donors (Lipinski definition) is 0. The Morgan fingerprint density at radius 1 is 1.33 bits per heavy atom. The van der Waals surface area contributed by atoms with Crippen LogP contribution in [0.2, 0.25) is 0 Å². The van der Waals surface area contributed by atoms with Crippen LogP contribution in [0.1, 0.15) is 5.56 Å². The number of hydrogen-bond acceptors (Lipinski definition) is 5. The number of nitro groups is 1. The summed E-state index contributed by atoms with van der Waals surface area (Å²) in [5.74, 6) is -0.585. The molecule has 0 aliphatic carbocycles. The molecule has 1 aromatic carbocycles. The second-order valence-electron chi connectivity index (χ2n) is 3.11. The van der Waals surface area contributed by atoms with E-state index in [1.54, 1.807) is 12.1 Å². The molecular weight excluding hydrogens is 240 g/mol. The lowest BCUT2D eigenvalue weighted by molar-refractivity contribution is -0.385. The molecular formula is C11H12N2O5. The molecule has 0 unspecified atom stereocenters. The molecule has 0 spiro atoms. The first-order chi connectivity index (χ1) is 8.60. The van der Waals surface area contributed by atoms with Crippen LogP contribution < -0.4 is 0 Å². The van der Waals surface area contributed by atoms with Crippen molar-refractivity contribution in [2.24, 2.45) is 0 Å². The fourth-order valence-corrected chi connectivity index (χ4v) is 1.27. The first-order valence-electron chi connectivity index (χ1n) is 4.94. The molecule has 0 heterocycles. The molecule has 0 N–H and O–H groups in total. The zero-order valence-electron chi connectivity index (χ0n) is 9.90. The van der Waals surface area contributed by atoms with Crippen molar-refractivity contribution in [3.8, 4) is 0 Å². The molecule has 0 saturated heterocycles. The standard InChI is InChI=1S/C11H12N2O5/c1-17-13(18-2)11(14)8-7-9-5-3-4-6-10(9)12(15)16/h3-8H,1-2H3. The highest BCUT2D eigenvalue weighted by molar-refractivity contribution is 5.91. The SMILES string of the molecule is CON(OC)C(=O)C=Cc1ccccc1[N+](=O)[O-]. The molecule has 18 heavy (non-hydrogen) atoms. The van der Waals surface area contributed by atoms with Crippen LogP contribution in [0, 0.1) is 10.1 Å². The summed E-state index contributed by atoms with van der Waals surface area (Å²) in [4.78, 5) is 30.9. The van der Waals surface area contributed by atoms with Crippen LogP contribution in [0.5, 0.6) is 0 Å². The van der Waals surface area contributed by atoms with E-state index in [1.165, 1.54) is 32.4 Å². The largest absolute Gasteiger partial charge is 0.296 e. The fraction of sp³-hybridized carbons (Fsp3) is 0.182. The normalized spacial score (nSPS) is 10.6. The minimum atomic E-state index is -0.585. The van der Waals surface area contributed by atoms with Crippen molar-refractivity contribution < 1.29 is 19.4 Å². The highest BCUT2D eigenvalue weighted by Crippen LogP contribution is 2.18. The number of benzene rings is 1. The van der Waals surface area contributed by atoms with Gasteiger partial charge in [-0.2, -0.15) is 0 Å². The third kappa shape index (κ3) is 3.37. The lowest BCUT2D eigenvalue weighted by Gasteiger charge is -2.12. The smallest absolute Gasteiger partial charge is 0.265 e. The lowest BCUT2D eigenvalue weighted by atomic mass is 10.1. The predicted molar refractivity (Wildman–Crippen MR) is 63.0 cm³/mol. The number of carbonyl (C=O) groups is 1. The zero-order chi connectivity index (χ0) is 13.5. The average Bonchev–Trinajstić information content (AvgIpc) is 2.38. The van der Waals surface area contributed by atoms with Crippen molar-refractivity contribution in [2.75, 3.05) is 14.2 Å². The number of nitro benzene ring substituents is 1. The summed E-state index contributed by atoms with van der Waals surface area (Å²) >= 11 is 0. The van der Waals surface area contributed by atoms with E-state index in [2.05, 4.69) is 9.68 Å². The van der Waals surface area contributed by atoms with Crippen molar-refractivity contribution in [3.63, 3.8) is 0 Å². The van der Waals surface area contributed by atoms with E-state index in [9.17, 15) is 14.9 Å². The molecule has 7 nitrogen and oxygen atoms in total. The number of amides is 1. The van der Waals surface area contributed by atoms with E-state index < -0.39 is 10.8 Å². The maximum absolute atomic E-state index is 11.5. The van der Waals surface area contributed by atoms with Crippen LogP contribution in [0.25, 0.3) is 6.08 Å². The topological polar surface area (TPSA) is 81.9 Å². The number of hydroxylamine groups is 2. The molecule has 0 saturated carbocycles. The van der Waals surface area contributed by atoms with Gasteiger partial charge in [0.2, 0.25) is 0 Å². The Hall–Kier alpha value is -2.25. The van der Waals surface area contributed by atoms with Gasteiger partial charge in [0.25, 0.3) is 11.6 Å². The number of carbonyl (C=O) groups excluding carboxylic acids is 1. The molecule has 1 amide bonds. The van der Waals surface area contributed by atoms with E-state index in [0.29, 0.717) is 10.8 Å². The monoisotopic (exact) mass is 252 g/mol. The van der Waals surface area contributed by atoms with Crippen molar-refractivity contribution >= 4 is 17.7 Å². The molecule has 1 aromatic rings. The molecule has 0 aliphatic rings. The Labute approximate surface area is 103 Å². The van der Waals surface area contributed by atoms with E-state index in [-0.39, 0.29) is 5.69 Å². The Bertz CT molecular complexity index is 468. The summed E-state index contributed by atoms with van der Waals surface area (Å²) in [6, 6.07) is 6.08. The van der Waals surface area contributed by atoms with Gasteiger partial charge < -0.3 is 0 Å². The fourth-order valence-electron chi connectivity index (χ4n) is 1.27. The number of para-hydroxylation sites is 1. The maximum Gasteiger partial charge on any atom is 0.296 e. The first-order valence-corrected chi connectivity index (χ1v) is 4.94. The minimum Gasteiger partial charge on any atom is -0.265 e. The quantitative estimate of drug-likeness (QED) is 0.451. The molecule has 0 fully saturated rings. The van der Waals surface area contributed by atoms with Gasteiger partial charge in [0, 0.05) is 12.1 Å². The van der Waals surface area contributed by atoms with Crippen molar-refractivity contribution in [1.29, 1.82) is 0 Å². The Morgan fingerprint density at radius 2 is 1.94 bits per heavy atom. The highest BCUT2D eigenvalue weighted by Gasteiger charge is 2.12. The molecule has 0 aromatic heterocycles. The van der Waals surface area contributed by atoms with Crippen molar-refractivity contribution in [1.82, 2.24) is 5.23 Å². The predicted octanol–water partition coefficient (Wildman–Crippen LogP) is 1.56. The summed E-state index contributed by atoms with van der Waals surface area (Å²) in [5.41, 5.74) is 0.242. The maximum atomic E-state index is 11.5. The minimum absolute atomic E-state index is 0.0806. The van der Waals surface area contributed by atoms with Crippen LogP contribution in [0.4, 0.5) is 5.69 Å². The third-order valence-corrected chi connectivity index (χ3v) is 2.05. The second kappa shape index (κ2) is 6.48. The Kier molecular flexibility index (Phi) is 4.97. The molecule has 0 radical (unpaired) electrons. The van der Waals surface area contributed by atoms with Crippen LogP contribution >= 0.6 is 0 Å². The van der Waals surface area contributed by atoms with Crippen LogP contribution in [0.3, 0.4) is 0 Å². The molecule has 0 atom stereocenters. The molecule has 96 valence electrons. The molecule has 0 bridgehead atoms. The van der Waals surface area contributed by atoms with Gasteiger partial charge in [0.15, 0.2) is 0 Å². The van der Waals surface area contributed by atoms with Gasteiger partial charge in [-0.05, 0) is 12.1 Å². The molecule has 7 heteroatoms. The van der Waals surface area contributed by atoms with Gasteiger partial charge in [-0.25, -0.2) is 9.68 Å². The lowest BCUT2D eigenvalue weighted by Crippen LogP contribution is -2.26. The van der Waals surface area contributed by atoms with Gasteiger partial charge in [-0.1, -0.05) is 17.4 Å². The summed E-state index contributed by atoms with van der Waals surface area (Å²) in [6.45, 7) is 0. The third-order valence-electron chi connectivity index (χ3n) is 2.05. The number of rotatable bonds is 5. The summed E-state index contributed by atoms with van der Waals surface area (Å²) in [7, 11) is 2.53. The van der Waals surface area contributed by atoms with E-state index in [4.69, 9.17) is 0 Å². The van der Waals surface area contributed by atoms with Gasteiger partial charge in [-0.3, -0.25) is 14.9 Å². The Morgan fingerprint density at radius 3 is 2.50 bits per heavy atom. The zero-order valence-corrected chi connectivity index (χ0v) is 9.90. The van der Waals surface area contributed by atoms with Gasteiger partial charge >= 0.3 is 0 Å². The summed E-state index contributed by atoms with van der Waals surface area (Å²) in [5, 5.41) is 11.4. The van der Waals surface area contributed by atoms with E-state index in [1.807, 2.05) is 0 Å². The van der Waals surface area contributed by atoms with E-state index in [0.717, 1.165) is 6.08 Å². The average molecular weight is 252 g/mol. The Balaban J connectivity index is 2.91. The van der Waals surface area contributed by atoms with Crippen LogP contribution in [-0.4, -0.2) is 30.3 Å². The van der Waals surface area contributed by atoms with Crippen LogP contribution in [-0.2, 0) is 14.5 Å². The van der Waals surface area contributed by atoms with Crippen LogP contribution in [0.15, 0.2) is 30.3 Å². The summed E-state index contributed by atoms with van der Waals surface area (Å²) in [6.07, 6.45) is 2.45. The summed E-state index contributed by atoms with van der Waals surface area (Å²) < 4.78 is 0.